The molecule has 0 bridgehead atoms. The number of hydrogen-bond acceptors (Lipinski definition) is 7. The van der Waals surface area contributed by atoms with Gasteiger partial charge in [-0.15, -0.1) is 0 Å². The maximum Gasteiger partial charge on any atom is 0.264 e. The molecular formula is C17H20Cl2N4O4S. The van der Waals surface area contributed by atoms with E-state index in [1.54, 1.807) is 0 Å². The van der Waals surface area contributed by atoms with Crippen LogP contribution in [-0.2, 0) is 10.0 Å². The van der Waals surface area contributed by atoms with E-state index in [9.17, 15) is 13.5 Å². The Morgan fingerprint density at radius 1 is 1.32 bits per heavy atom. The van der Waals surface area contributed by atoms with Gasteiger partial charge in [0.2, 0.25) is 5.82 Å². The van der Waals surface area contributed by atoms with Crippen LogP contribution in [0.3, 0.4) is 0 Å². The number of benzene rings is 1. The molecule has 0 spiro atoms. The maximum atomic E-state index is 12.7. The Hall–Kier alpha value is -1.81. The van der Waals surface area contributed by atoms with Crippen LogP contribution in [0.1, 0.15) is 12.8 Å². The van der Waals surface area contributed by atoms with Crippen LogP contribution in [0.15, 0.2) is 29.3 Å². The van der Waals surface area contributed by atoms with Crippen molar-refractivity contribution in [1.29, 1.82) is 0 Å². The van der Waals surface area contributed by atoms with Gasteiger partial charge in [0.1, 0.15) is 4.90 Å². The number of hydrogen-bond donors (Lipinski definition) is 2. The van der Waals surface area contributed by atoms with Crippen molar-refractivity contribution >= 4 is 44.9 Å². The molecule has 0 atom stereocenters. The number of anilines is 2. The second-order valence-corrected chi connectivity index (χ2v) is 8.79. The number of halogens is 2. The zero-order valence-corrected chi connectivity index (χ0v) is 17.4. The Labute approximate surface area is 173 Å². The molecule has 1 fully saturated rings. The minimum absolute atomic E-state index is 0.0449. The fourth-order valence-electron chi connectivity index (χ4n) is 2.95. The minimum atomic E-state index is -4.04. The van der Waals surface area contributed by atoms with E-state index >= 15 is 0 Å². The summed E-state index contributed by atoms with van der Waals surface area (Å²) in [6.07, 6.45) is 3.18. The lowest BCUT2D eigenvalue weighted by Gasteiger charge is -2.31. The van der Waals surface area contributed by atoms with Crippen molar-refractivity contribution in [3.8, 4) is 5.88 Å². The highest BCUT2D eigenvalue weighted by Gasteiger charge is 2.24. The van der Waals surface area contributed by atoms with E-state index in [0.29, 0.717) is 11.7 Å². The molecule has 0 unspecified atom stereocenters. The summed E-state index contributed by atoms with van der Waals surface area (Å²) in [6, 6.07) is 4.33. The van der Waals surface area contributed by atoms with Crippen molar-refractivity contribution < 1.29 is 18.3 Å². The summed E-state index contributed by atoms with van der Waals surface area (Å²) >= 11 is 11.9. The SMILES string of the molecule is COc1nc(N2CCC(CO)CC2)cnc1NS(=O)(=O)c1cccc(Cl)c1Cl. The number of piperidine rings is 1. The first kappa shape index (κ1) is 20.9. The van der Waals surface area contributed by atoms with Gasteiger partial charge in [-0.3, -0.25) is 4.72 Å². The monoisotopic (exact) mass is 446 g/mol. The number of aromatic nitrogens is 2. The van der Waals surface area contributed by atoms with Crippen molar-refractivity contribution in [3.63, 3.8) is 0 Å². The Morgan fingerprint density at radius 3 is 2.68 bits per heavy atom. The van der Waals surface area contributed by atoms with Crippen LogP contribution in [0.2, 0.25) is 10.0 Å². The summed E-state index contributed by atoms with van der Waals surface area (Å²) < 4.78 is 32.9. The van der Waals surface area contributed by atoms with Gasteiger partial charge >= 0.3 is 0 Å². The number of aliphatic hydroxyl groups excluding tert-OH is 1. The van der Waals surface area contributed by atoms with Gasteiger partial charge in [-0.2, -0.15) is 4.98 Å². The Morgan fingerprint density at radius 2 is 2.04 bits per heavy atom. The molecule has 0 aliphatic carbocycles. The van der Waals surface area contributed by atoms with Crippen molar-refractivity contribution in [2.75, 3.05) is 36.4 Å². The van der Waals surface area contributed by atoms with E-state index in [1.165, 1.54) is 31.5 Å². The van der Waals surface area contributed by atoms with Crippen LogP contribution in [0.5, 0.6) is 5.88 Å². The van der Waals surface area contributed by atoms with E-state index in [1.807, 2.05) is 4.90 Å². The molecule has 0 saturated carbocycles. The van der Waals surface area contributed by atoms with Crippen LogP contribution in [0.4, 0.5) is 11.6 Å². The molecule has 152 valence electrons. The molecule has 28 heavy (non-hydrogen) atoms. The normalized spacial score (nSPS) is 15.5. The lowest BCUT2D eigenvalue weighted by molar-refractivity contribution is 0.202. The molecule has 1 aromatic heterocycles. The number of ether oxygens (including phenoxy) is 1. The molecule has 0 amide bonds. The first-order chi connectivity index (χ1) is 13.4. The first-order valence-corrected chi connectivity index (χ1v) is 10.8. The van der Waals surface area contributed by atoms with Gasteiger partial charge < -0.3 is 14.7 Å². The van der Waals surface area contributed by atoms with E-state index < -0.39 is 10.0 Å². The number of methoxy groups -OCH3 is 1. The smallest absolute Gasteiger partial charge is 0.264 e. The third-order valence-electron chi connectivity index (χ3n) is 4.55. The molecule has 2 aromatic rings. The molecule has 1 aromatic carbocycles. The van der Waals surface area contributed by atoms with E-state index in [4.69, 9.17) is 27.9 Å². The Kier molecular flexibility index (Phi) is 6.49. The standard InChI is InChI=1S/C17H20Cl2N4O4S/c1-27-17-16(22-28(25,26)13-4-2-3-12(18)15(13)19)20-9-14(21-17)23-7-5-11(10-24)6-8-23/h2-4,9,11,24H,5-8,10H2,1H3,(H,20,22). The van der Waals surface area contributed by atoms with Crippen LogP contribution < -0.4 is 14.4 Å². The average Bonchev–Trinajstić information content (AvgIpc) is 2.70. The molecule has 3 rings (SSSR count). The molecule has 0 radical (unpaired) electrons. The summed E-state index contributed by atoms with van der Waals surface area (Å²) in [5.74, 6) is 0.868. The zero-order chi connectivity index (χ0) is 20.3. The predicted octanol–water partition coefficient (Wildman–Crippen LogP) is 2.80. The van der Waals surface area contributed by atoms with Gasteiger partial charge in [0.15, 0.2) is 5.82 Å². The molecular weight excluding hydrogens is 427 g/mol. The third-order valence-corrected chi connectivity index (χ3v) is 6.87. The van der Waals surface area contributed by atoms with Crippen LogP contribution in [0, 0.1) is 5.92 Å². The second kappa shape index (κ2) is 8.69. The molecule has 2 N–H and O–H groups in total. The van der Waals surface area contributed by atoms with E-state index in [-0.39, 0.29) is 33.2 Å². The highest BCUT2D eigenvalue weighted by atomic mass is 35.5. The largest absolute Gasteiger partial charge is 0.478 e. The van der Waals surface area contributed by atoms with Crippen molar-refractivity contribution in [2.24, 2.45) is 5.92 Å². The predicted molar refractivity (Wildman–Crippen MR) is 108 cm³/mol. The number of rotatable bonds is 6. The third kappa shape index (κ3) is 4.43. The number of nitrogens with one attached hydrogen (secondary N) is 1. The highest BCUT2D eigenvalue weighted by Crippen LogP contribution is 2.32. The summed E-state index contributed by atoms with van der Waals surface area (Å²) in [5, 5.41) is 9.31. The Balaban J connectivity index is 1.84. The van der Waals surface area contributed by atoms with Crippen molar-refractivity contribution in [3.05, 3.63) is 34.4 Å². The van der Waals surface area contributed by atoms with E-state index in [0.717, 1.165) is 25.9 Å². The summed E-state index contributed by atoms with van der Waals surface area (Å²) in [6.45, 7) is 1.63. The molecule has 8 nitrogen and oxygen atoms in total. The maximum absolute atomic E-state index is 12.7. The lowest BCUT2D eigenvalue weighted by Crippen LogP contribution is -2.35. The molecule has 1 saturated heterocycles. The Bertz CT molecular complexity index is 950. The topological polar surface area (TPSA) is 105 Å². The summed E-state index contributed by atoms with van der Waals surface area (Å²) in [5.41, 5.74) is 0. The number of sulfonamides is 1. The quantitative estimate of drug-likeness (QED) is 0.702. The lowest BCUT2D eigenvalue weighted by atomic mass is 9.98. The summed E-state index contributed by atoms with van der Waals surface area (Å²) in [7, 11) is -2.65. The van der Waals surface area contributed by atoms with Crippen molar-refractivity contribution in [1.82, 2.24) is 9.97 Å². The number of aliphatic hydroxyl groups is 1. The summed E-state index contributed by atoms with van der Waals surface area (Å²) in [4.78, 5) is 10.4. The van der Waals surface area contributed by atoms with E-state index in [2.05, 4.69) is 14.7 Å². The van der Waals surface area contributed by atoms with Gasteiger partial charge in [-0.05, 0) is 30.9 Å². The first-order valence-electron chi connectivity index (χ1n) is 8.59. The fraction of sp³-hybridized carbons (Fsp3) is 0.412. The van der Waals surface area contributed by atoms with Gasteiger partial charge in [-0.25, -0.2) is 13.4 Å². The van der Waals surface area contributed by atoms with Gasteiger partial charge in [0, 0.05) is 19.7 Å². The molecule has 1 aliphatic rings. The average molecular weight is 447 g/mol. The molecule has 1 aliphatic heterocycles. The van der Waals surface area contributed by atoms with Crippen molar-refractivity contribution in [2.45, 2.75) is 17.7 Å². The number of nitrogens with zero attached hydrogens (tertiary/aromatic N) is 3. The highest BCUT2D eigenvalue weighted by molar-refractivity contribution is 7.92. The van der Waals surface area contributed by atoms with Gasteiger partial charge in [0.25, 0.3) is 15.9 Å². The van der Waals surface area contributed by atoms with Gasteiger partial charge in [0.05, 0.1) is 23.4 Å². The second-order valence-electron chi connectivity index (χ2n) is 6.36. The fourth-order valence-corrected chi connectivity index (χ4v) is 4.72. The van der Waals surface area contributed by atoms with Gasteiger partial charge in [-0.1, -0.05) is 29.3 Å². The molecule has 11 heteroatoms. The minimum Gasteiger partial charge on any atom is -0.478 e. The van der Waals surface area contributed by atoms with Crippen LogP contribution >= 0.6 is 23.2 Å². The van der Waals surface area contributed by atoms with Crippen LogP contribution in [-0.4, -0.2) is 50.3 Å². The van der Waals surface area contributed by atoms with Crippen LogP contribution in [0.25, 0.3) is 0 Å². The zero-order valence-electron chi connectivity index (χ0n) is 15.1. The molecule has 2 heterocycles.